The highest BCUT2D eigenvalue weighted by molar-refractivity contribution is 9.10. The molecule has 3 nitrogen and oxygen atoms in total. The van der Waals surface area contributed by atoms with Crippen molar-refractivity contribution < 1.29 is 0 Å². The fraction of sp³-hybridized carbons (Fsp3) is 0.278. The van der Waals surface area contributed by atoms with E-state index in [0.717, 1.165) is 30.7 Å². The minimum Gasteiger partial charge on any atom is -0.298 e. The smallest absolute Gasteiger partial charge is 0.0632 e. The third-order valence-electron chi connectivity index (χ3n) is 4.35. The van der Waals surface area contributed by atoms with Crippen LogP contribution in [-0.2, 0) is 13.1 Å². The Kier molecular flexibility index (Phi) is 3.72. The number of likely N-dealkylation sites (tertiary alicyclic amines) is 1. The number of rotatable bonds is 4. The summed E-state index contributed by atoms with van der Waals surface area (Å²) in [4.78, 5) is 2.52. The first kappa shape index (κ1) is 14.0. The summed E-state index contributed by atoms with van der Waals surface area (Å²) in [6.45, 7) is 4.36. The second-order valence-electron chi connectivity index (χ2n) is 6.08. The molecule has 0 atom stereocenters. The van der Waals surface area contributed by atoms with E-state index in [1.54, 1.807) is 0 Å². The Morgan fingerprint density at radius 1 is 1.09 bits per heavy atom. The molecule has 2 aromatic carbocycles. The predicted molar refractivity (Wildman–Crippen MR) is 92.6 cm³/mol. The summed E-state index contributed by atoms with van der Waals surface area (Å²) in [5, 5.41) is 7.05. The summed E-state index contributed by atoms with van der Waals surface area (Å²) in [5.74, 6) is 0.710. The van der Waals surface area contributed by atoms with Crippen LogP contribution in [0.25, 0.3) is 10.8 Å². The molecule has 1 saturated heterocycles. The van der Waals surface area contributed by atoms with Crippen molar-refractivity contribution in [3.8, 4) is 0 Å². The maximum atomic E-state index is 4.34. The van der Waals surface area contributed by atoms with Crippen LogP contribution < -0.4 is 0 Å². The summed E-state index contributed by atoms with van der Waals surface area (Å²) in [7, 11) is 0. The molecular formula is C18H18BrN3. The van der Waals surface area contributed by atoms with Crippen LogP contribution in [0.5, 0.6) is 0 Å². The van der Waals surface area contributed by atoms with Crippen molar-refractivity contribution in [3.63, 3.8) is 0 Å². The van der Waals surface area contributed by atoms with Gasteiger partial charge in [0.15, 0.2) is 0 Å². The zero-order valence-corrected chi connectivity index (χ0v) is 13.9. The molecule has 22 heavy (non-hydrogen) atoms. The average molecular weight is 356 g/mol. The molecule has 1 aliphatic heterocycles. The van der Waals surface area contributed by atoms with E-state index in [1.807, 2.05) is 17.1 Å². The Bertz CT molecular complexity index is 784. The van der Waals surface area contributed by atoms with Crippen LogP contribution in [0.3, 0.4) is 0 Å². The molecule has 0 bridgehead atoms. The topological polar surface area (TPSA) is 21.1 Å². The first-order valence-corrected chi connectivity index (χ1v) is 8.44. The highest BCUT2D eigenvalue weighted by Crippen LogP contribution is 2.25. The lowest BCUT2D eigenvalue weighted by Gasteiger charge is -2.39. The number of aromatic nitrogens is 2. The number of benzene rings is 2. The molecule has 0 N–H and O–H groups in total. The normalized spacial score (nSPS) is 16.0. The van der Waals surface area contributed by atoms with E-state index >= 15 is 0 Å². The average Bonchev–Trinajstić information content (AvgIpc) is 2.90. The lowest BCUT2D eigenvalue weighted by atomic mass is 9.97. The molecule has 1 aliphatic rings. The van der Waals surface area contributed by atoms with Crippen molar-refractivity contribution in [3.05, 3.63) is 64.9 Å². The van der Waals surface area contributed by atoms with Gasteiger partial charge in [0.05, 0.1) is 10.7 Å². The van der Waals surface area contributed by atoms with E-state index < -0.39 is 0 Å². The maximum Gasteiger partial charge on any atom is 0.0632 e. The number of hydrogen-bond donors (Lipinski definition) is 0. The molecule has 4 rings (SSSR count). The fourth-order valence-electron chi connectivity index (χ4n) is 3.30. The molecule has 4 heteroatoms. The largest absolute Gasteiger partial charge is 0.298 e. The Labute approximate surface area is 138 Å². The molecule has 112 valence electrons. The summed E-state index contributed by atoms with van der Waals surface area (Å²) < 4.78 is 3.09. The summed E-state index contributed by atoms with van der Waals surface area (Å²) in [6, 6.07) is 15.2. The molecule has 2 heterocycles. The molecule has 0 radical (unpaired) electrons. The van der Waals surface area contributed by atoms with Gasteiger partial charge in [-0.15, -0.1) is 0 Å². The van der Waals surface area contributed by atoms with Crippen LogP contribution in [0.1, 0.15) is 5.56 Å². The minimum absolute atomic E-state index is 0.710. The molecule has 0 amide bonds. The molecule has 0 unspecified atom stereocenters. The third-order valence-corrected chi connectivity index (χ3v) is 4.76. The zero-order valence-electron chi connectivity index (χ0n) is 12.3. The van der Waals surface area contributed by atoms with Gasteiger partial charge in [-0.05, 0) is 32.3 Å². The van der Waals surface area contributed by atoms with Gasteiger partial charge in [-0.1, -0.05) is 42.5 Å². The zero-order chi connectivity index (χ0) is 14.9. The highest BCUT2D eigenvalue weighted by atomic mass is 79.9. The van der Waals surface area contributed by atoms with Crippen molar-refractivity contribution in [1.29, 1.82) is 0 Å². The van der Waals surface area contributed by atoms with Crippen molar-refractivity contribution in [2.24, 2.45) is 5.92 Å². The van der Waals surface area contributed by atoms with Gasteiger partial charge in [0, 0.05) is 38.3 Å². The second-order valence-corrected chi connectivity index (χ2v) is 6.99. The monoisotopic (exact) mass is 355 g/mol. The number of nitrogens with zero attached hydrogens (tertiary/aromatic N) is 3. The fourth-order valence-corrected chi connectivity index (χ4v) is 3.62. The van der Waals surface area contributed by atoms with Gasteiger partial charge in [0.1, 0.15) is 0 Å². The van der Waals surface area contributed by atoms with E-state index in [-0.39, 0.29) is 0 Å². The Hall–Kier alpha value is -1.65. The molecule has 0 spiro atoms. The lowest BCUT2D eigenvalue weighted by Crippen LogP contribution is -2.47. The predicted octanol–water partition coefficient (Wildman–Crippen LogP) is 3.93. The van der Waals surface area contributed by atoms with Crippen LogP contribution >= 0.6 is 15.9 Å². The molecule has 1 fully saturated rings. The first-order chi connectivity index (χ1) is 10.8. The lowest BCUT2D eigenvalue weighted by molar-refractivity contribution is 0.0782. The van der Waals surface area contributed by atoms with Crippen LogP contribution in [-0.4, -0.2) is 27.8 Å². The molecule has 3 aromatic rings. The summed E-state index contributed by atoms with van der Waals surface area (Å²) in [6.07, 6.45) is 3.90. The van der Waals surface area contributed by atoms with E-state index in [4.69, 9.17) is 0 Å². The van der Waals surface area contributed by atoms with Crippen molar-refractivity contribution >= 4 is 26.7 Å². The minimum atomic E-state index is 0.710. The molecule has 0 saturated carbocycles. The van der Waals surface area contributed by atoms with Gasteiger partial charge in [-0.25, -0.2) is 0 Å². The van der Waals surface area contributed by atoms with E-state index in [2.05, 4.69) is 68.4 Å². The van der Waals surface area contributed by atoms with Gasteiger partial charge in [0.25, 0.3) is 0 Å². The van der Waals surface area contributed by atoms with Crippen LogP contribution in [0, 0.1) is 5.92 Å². The summed E-state index contributed by atoms with van der Waals surface area (Å²) >= 11 is 3.45. The summed E-state index contributed by atoms with van der Waals surface area (Å²) in [5.41, 5.74) is 1.43. The SMILES string of the molecule is Brc1cnn(CC2CN(Cc3cccc4ccccc34)C2)c1. The number of halogens is 1. The highest BCUT2D eigenvalue weighted by Gasteiger charge is 2.27. The molecular weight excluding hydrogens is 338 g/mol. The molecule has 0 aliphatic carbocycles. The van der Waals surface area contributed by atoms with Crippen LogP contribution in [0.2, 0.25) is 0 Å². The van der Waals surface area contributed by atoms with Gasteiger partial charge in [0.2, 0.25) is 0 Å². The third kappa shape index (κ3) is 2.81. The Balaban J connectivity index is 1.39. The maximum absolute atomic E-state index is 4.34. The molecule has 1 aromatic heterocycles. The van der Waals surface area contributed by atoms with Gasteiger partial charge >= 0.3 is 0 Å². The van der Waals surface area contributed by atoms with E-state index in [0.29, 0.717) is 5.92 Å². The quantitative estimate of drug-likeness (QED) is 0.706. The van der Waals surface area contributed by atoms with Crippen LogP contribution in [0.15, 0.2) is 59.3 Å². The Morgan fingerprint density at radius 2 is 1.91 bits per heavy atom. The van der Waals surface area contributed by atoms with Crippen molar-refractivity contribution in [2.75, 3.05) is 13.1 Å². The van der Waals surface area contributed by atoms with Crippen LogP contribution in [0.4, 0.5) is 0 Å². The van der Waals surface area contributed by atoms with Gasteiger partial charge in [-0.2, -0.15) is 5.10 Å². The standard InChI is InChI=1S/C18H18BrN3/c19-17-8-20-22(13-17)11-14-9-21(10-14)12-16-6-3-5-15-4-1-2-7-18(15)16/h1-8,13-14H,9-12H2. The first-order valence-electron chi connectivity index (χ1n) is 7.65. The van der Waals surface area contributed by atoms with Crippen molar-refractivity contribution in [1.82, 2.24) is 14.7 Å². The number of fused-ring (bicyclic) bond motifs is 1. The van der Waals surface area contributed by atoms with E-state index in [1.165, 1.54) is 16.3 Å². The van der Waals surface area contributed by atoms with Crippen molar-refractivity contribution in [2.45, 2.75) is 13.1 Å². The van der Waals surface area contributed by atoms with E-state index in [9.17, 15) is 0 Å². The number of hydrogen-bond acceptors (Lipinski definition) is 2. The Morgan fingerprint density at radius 3 is 2.73 bits per heavy atom. The second kappa shape index (κ2) is 5.86. The van der Waals surface area contributed by atoms with Gasteiger partial charge in [-0.3, -0.25) is 9.58 Å². The van der Waals surface area contributed by atoms with Gasteiger partial charge < -0.3 is 0 Å².